The maximum Gasteiger partial charge on any atom is 0.161 e. The highest BCUT2D eigenvalue weighted by molar-refractivity contribution is 5.43. The molecule has 0 saturated carbocycles. The lowest BCUT2D eigenvalue weighted by Crippen LogP contribution is -2.37. The Labute approximate surface area is 139 Å². The molecule has 2 aromatic carbocycles. The molecule has 3 heteroatoms. The summed E-state index contributed by atoms with van der Waals surface area (Å²) in [5.74, 6) is 1.55. The van der Waals surface area contributed by atoms with Gasteiger partial charge in [0.25, 0.3) is 0 Å². The van der Waals surface area contributed by atoms with Gasteiger partial charge in [-0.25, -0.2) is 0 Å². The topological polar surface area (TPSA) is 30.5 Å². The first-order valence-corrected chi connectivity index (χ1v) is 8.13. The SMILES string of the molecule is CCC(C)(C)NCc1ccc(OCc2ccccc2)c(OC)c1. The van der Waals surface area contributed by atoms with E-state index in [0.717, 1.165) is 30.0 Å². The highest BCUT2D eigenvalue weighted by Crippen LogP contribution is 2.29. The van der Waals surface area contributed by atoms with Crippen LogP contribution in [0.4, 0.5) is 0 Å². The minimum atomic E-state index is 0.135. The van der Waals surface area contributed by atoms with Crippen LogP contribution in [0, 0.1) is 0 Å². The highest BCUT2D eigenvalue weighted by Gasteiger charge is 2.14. The Bertz CT molecular complexity index is 608. The molecule has 3 nitrogen and oxygen atoms in total. The second-order valence-electron chi connectivity index (χ2n) is 6.35. The molecule has 0 amide bonds. The zero-order valence-electron chi connectivity index (χ0n) is 14.6. The quantitative estimate of drug-likeness (QED) is 0.775. The Balaban J connectivity index is 2.01. The highest BCUT2D eigenvalue weighted by atomic mass is 16.5. The van der Waals surface area contributed by atoms with Crippen molar-refractivity contribution < 1.29 is 9.47 Å². The Morgan fingerprint density at radius 3 is 2.35 bits per heavy atom. The minimum absolute atomic E-state index is 0.135. The third-order valence-corrected chi connectivity index (χ3v) is 4.12. The lowest BCUT2D eigenvalue weighted by atomic mass is 10.0. The van der Waals surface area contributed by atoms with Gasteiger partial charge in [-0.2, -0.15) is 0 Å². The predicted octanol–water partition coefficient (Wildman–Crippen LogP) is 4.55. The fourth-order valence-electron chi connectivity index (χ4n) is 2.14. The van der Waals surface area contributed by atoms with Crippen LogP contribution in [0.3, 0.4) is 0 Å². The normalized spacial score (nSPS) is 11.3. The van der Waals surface area contributed by atoms with Crippen molar-refractivity contribution in [1.29, 1.82) is 0 Å². The molecule has 0 aliphatic rings. The molecule has 0 fully saturated rings. The van der Waals surface area contributed by atoms with Crippen LogP contribution in [0.15, 0.2) is 48.5 Å². The van der Waals surface area contributed by atoms with Crippen molar-refractivity contribution in [2.45, 2.75) is 45.9 Å². The molecule has 23 heavy (non-hydrogen) atoms. The van der Waals surface area contributed by atoms with Crippen molar-refractivity contribution in [2.75, 3.05) is 7.11 Å². The van der Waals surface area contributed by atoms with E-state index in [9.17, 15) is 0 Å². The maximum absolute atomic E-state index is 5.89. The first-order valence-electron chi connectivity index (χ1n) is 8.13. The van der Waals surface area contributed by atoms with Gasteiger partial charge in [0.15, 0.2) is 11.5 Å². The Kier molecular flexibility index (Phi) is 6.05. The summed E-state index contributed by atoms with van der Waals surface area (Å²) < 4.78 is 11.4. The molecule has 0 atom stereocenters. The summed E-state index contributed by atoms with van der Waals surface area (Å²) in [4.78, 5) is 0. The van der Waals surface area contributed by atoms with E-state index in [1.165, 1.54) is 5.56 Å². The van der Waals surface area contributed by atoms with Gasteiger partial charge in [-0.15, -0.1) is 0 Å². The summed E-state index contributed by atoms with van der Waals surface area (Å²) in [6.45, 7) is 7.96. The molecule has 124 valence electrons. The second-order valence-corrected chi connectivity index (χ2v) is 6.35. The molecule has 0 bridgehead atoms. The van der Waals surface area contributed by atoms with Gasteiger partial charge >= 0.3 is 0 Å². The third kappa shape index (κ3) is 5.29. The van der Waals surface area contributed by atoms with E-state index in [4.69, 9.17) is 9.47 Å². The first kappa shape index (κ1) is 17.4. The maximum atomic E-state index is 5.89. The van der Waals surface area contributed by atoms with E-state index in [-0.39, 0.29) is 5.54 Å². The van der Waals surface area contributed by atoms with Crippen LogP contribution in [0.5, 0.6) is 11.5 Å². The lowest BCUT2D eigenvalue weighted by molar-refractivity contribution is 0.284. The van der Waals surface area contributed by atoms with Crippen LogP contribution in [-0.4, -0.2) is 12.6 Å². The van der Waals surface area contributed by atoms with Gasteiger partial charge in [-0.05, 0) is 43.5 Å². The van der Waals surface area contributed by atoms with Crippen molar-refractivity contribution in [3.63, 3.8) is 0 Å². The fraction of sp³-hybridized carbons (Fsp3) is 0.400. The summed E-state index contributed by atoms with van der Waals surface area (Å²) >= 11 is 0. The van der Waals surface area contributed by atoms with E-state index >= 15 is 0 Å². The predicted molar refractivity (Wildman–Crippen MR) is 95.0 cm³/mol. The molecule has 0 radical (unpaired) electrons. The summed E-state index contributed by atoms with van der Waals surface area (Å²) in [6.07, 6.45) is 1.09. The van der Waals surface area contributed by atoms with Crippen molar-refractivity contribution in [2.24, 2.45) is 0 Å². The van der Waals surface area contributed by atoms with E-state index in [1.54, 1.807) is 7.11 Å². The second kappa shape index (κ2) is 8.02. The lowest BCUT2D eigenvalue weighted by Gasteiger charge is -2.24. The van der Waals surface area contributed by atoms with Gasteiger partial charge in [-0.3, -0.25) is 0 Å². The van der Waals surface area contributed by atoms with Gasteiger partial charge in [0.05, 0.1) is 7.11 Å². The number of hydrogen-bond acceptors (Lipinski definition) is 3. The van der Waals surface area contributed by atoms with Crippen LogP contribution in [0.2, 0.25) is 0 Å². The van der Waals surface area contributed by atoms with Crippen LogP contribution in [-0.2, 0) is 13.2 Å². The molecule has 1 N–H and O–H groups in total. The first-order chi connectivity index (χ1) is 11.0. The van der Waals surface area contributed by atoms with Crippen molar-refractivity contribution in [3.05, 3.63) is 59.7 Å². The number of benzene rings is 2. The van der Waals surface area contributed by atoms with Crippen LogP contribution in [0.25, 0.3) is 0 Å². The molecule has 0 aromatic heterocycles. The number of rotatable bonds is 8. The Hall–Kier alpha value is -2.00. The third-order valence-electron chi connectivity index (χ3n) is 4.12. The average molecular weight is 313 g/mol. The van der Waals surface area contributed by atoms with Crippen molar-refractivity contribution >= 4 is 0 Å². The van der Waals surface area contributed by atoms with E-state index in [2.05, 4.69) is 44.3 Å². The number of hydrogen-bond donors (Lipinski definition) is 1. The zero-order valence-corrected chi connectivity index (χ0v) is 14.6. The molecule has 0 aliphatic carbocycles. The molecule has 0 heterocycles. The van der Waals surface area contributed by atoms with Crippen molar-refractivity contribution in [1.82, 2.24) is 5.32 Å². The molecular weight excluding hydrogens is 286 g/mol. The minimum Gasteiger partial charge on any atom is -0.493 e. The molecule has 2 aromatic rings. The van der Waals surface area contributed by atoms with Crippen LogP contribution >= 0.6 is 0 Å². The number of nitrogens with one attached hydrogen (secondary N) is 1. The van der Waals surface area contributed by atoms with E-state index < -0.39 is 0 Å². The summed E-state index contributed by atoms with van der Waals surface area (Å²) in [6, 6.07) is 16.2. The van der Waals surface area contributed by atoms with Crippen molar-refractivity contribution in [3.8, 4) is 11.5 Å². The monoisotopic (exact) mass is 313 g/mol. The summed E-state index contributed by atoms with van der Waals surface area (Å²) in [7, 11) is 1.68. The van der Waals surface area contributed by atoms with Gasteiger partial charge in [-0.1, -0.05) is 43.3 Å². The van der Waals surface area contributed by atoms with Crippen LogP contribution < -0.4 is 14.8 Å². The zero-order chi connectivity index (χ0) is 16.7. The largest absolute Gasteiger partial charge is 0.493 e. The fourth-order valence-corrected chi connectivity index (χ4v) is 2.14. The molecular formula is C20H27NO2. The van der Waals surface area contributed by atoms with E-state index in [0.29, 0.717) is 6.61 Å². The smallest absolute Gasteiger partial charge is 0.161 e. The van der Waals surface area contributed by atoms with Gasteiger partial charge in [0, 0.05) is 12.1 Å². The van der Waals surface area contributed by atoms with Crippen LogP contribution in [0.1, 0.15) is 38.3 Å². The molecule has 0 spiro atoms. The standard InChI is InChI=1S/C20H27NO2/c1-5-20(2,3)21-14-17-11-12-18(19(13-17)22-4)23-15-16-9-7-6-8-10-16/h6-13,21H,5,14-15H2,1-4H3. The van der Waals surface area contributed by atoms with E-state index in [1.807, 2.05) is 30.3 Å². The number of ether oxygens (including phenoxy) is 2. The van der Waals surface area contributed by atoms with Gasteiger partial charge < -0.3 is 14.8 Å². The molecule has 2 rings (SSSR count). The number of methoxy groups -OCH3 is 1. The Morgan fingerprint density at radius 1 is 0.957 bits per heavy atom. The van der Waals surface area contributed by atoms with Gasteiger partial charge in [0.2, 0.25) is 0 Å². The molecule has 0 saturated heterocycles. The summed E-state index contributed by atoms with van der Waals surface area (Å²) in [5, 5.41) is 3.56. The average Bonchev–Trinajstić information content (AvgIpc) is 2.59. The van der Waals surface area contributed by atoms with Gasteiger partial charge in [0.1, 0.15) is 6.61 Å². The molecule has 0 unspecified atom stereocenters. The summed E-state index contributed by atoms with van der Waals surface area (Å²) in [5.41, 5.74) is 2.47. The Morgan fingerprint density at radius 2 is 1.70 bits per heavy atom. The molecule has 0 aliphatic heterocycles.